The molecule has 0 aliphatic carbocycles. The number of hydrogen-bond donors (Lipinski definition) is 2. The van der Waals surface area contributed by atoms with E-state index in [1.54, 1.807) is 19.6 Å². The number of aryl methyl sites for hydroxylation is 1. The van der Waals surface area contributed by atoms with Gasteiger partial charge in [0, 0.05) is 17.3 Å². The summed E-state index contributed by atoms with van der Waals surface area (Å²) in [6.45, 7) is 4.43. The molecule has 0 radical (unpaired) electrons. The van der Waals surface area contributed by atoms with Gasteiger partial charge < -0.3 is 15.0 Å². The number of nitrogen functional groups attached to an aromatic ring is 1. The van der Waals surface area contributed by atoms with E-state index in [4.69, 9.17) is 26.6 Å². The molecule has 3 aromatic rings. The Balaban J connectivity index is 0.000000465. The van der Waals surface area contributed by atoms with Gasteiger partial charge in [-0.3, -0.25) is 9.54 Å². The van der Waals surface area contributed by atoms with E-state index < -0.39 is 10.1 Å². The second-order valence-electron chi connectivity index (χ2n) is 5.70. The van der Waals surface area contributed by atoms with E-state index in [0.29, 0.717) is 24.0 Å². The summed E-state index contributed by atoms with van der Waals surface area (Å²) in [6.07, 6.45) is 4.15. The Morgan fingerprint density at radius 2 is 1.93 bits per heavy atom. The third-order valence-electron chi connectivity index (χ3n) is 3.51. The van der Waals surface area contributed by atoms with Crippen molar-refractivity contribution >= 4 is 38.8 Å². The van der Waals surface area contributed by atoms with Crippen molar-refractivity contribution in [2.75, 3.05) is 19.1 Å². The number of anilines is 1. The number of nitrogens with zero attached hydrogens (tertiary/aromatic N) is 5. The number of halogens is 1. The highest BCUT2D eigenvalue weighted by Crippen LogP contribution is 2.26. The molecular formula is C15H19ClN6O4S. The SMILES string of the molecule is COc1c(C)cnc(Cn2cnc3c(Cl)nc(N)nc32)c1C.CS(=O)(=O)O. The zero-order chi connectivity index (χ0) is 20.4. The second-order valence-corrected chi connectivity index (χ2v) is 7.52. The number of ether oxygens (including phenoxy) is 1. The summed E-state index contributed by atoms with van der Waals surface area (Å²) in [5.74, 6) is 0.951. The maximum absolute atomic E-state index is 9.19. The standard InChI is InChI=1S/C14H15ClN6O.CH4O3S/c1-7-4-17-9(8(2)11(7)22-3)5-21-6-18-10-12(15)19-14(16)20-13(10)21;1-5(2,3)4/h4,6H,5H2,1-3H3,(H2,16,19,20);1H3,(H,2,3,4). The molecule has 0 amide bonds. The van der Waals surface area contributed by atoms with Gasteiger partial charge in [0.15, 0.2) is 10.8 Å². The Morgan fingerprint density at radius 1 is 1.30 bits per heavy atom. The van der Waals surface area contributed by atoms with Crippen molar-refractivity contribution in [2.24, 2.45) is 0 Å². The van der Waals surface area contributed by atoms with E-state index in [9.17, 15) is 8.42 Å². The van der Waals surface area contributed by atoms with Crippen LogP contribution in [0.15, 0.2) is 12.5 Å². The fourth-order valence-corrected chi connectivity index (χ4v) is 2.65. The molecule has 10 nitrogen and oxygen atoms in total. The molecule has 0 unspecified atom stereocenters. The average Bonchev–Trinajstić information content (AvgIpc) is 2.92. The first-order valence-corrected chi connectivity index (χ1v) is 9.79. The van der Waals surface area contributed by atoms with E-state index in [1.807, 2.05) is 18.4 Å². The van der Waals surface area contributed by atoms with Crippen LogP contribution in [0, 0.1) is 13.8 Å². The first-order valence-electron chi connectivity index (χ1n) is 7.56. The molecule has 0 aliphatic heterocycles. The topological polar surface area (TPSA) is 146 Å². The highest BCUT2D eigenvalue weighted by Gasteiger charge is 2.14. The lowest BCUT2D eigenvalue weighted by Gasteiger charge is -2.12. The summed E-state index contributed by atoms with van der Waals surface area (Å²) in [5.41, 5.74) is 9.61. The van der Waals surface area contributed by atoms with Crippen LogP contribution in [0.25, 0.3) is 11.2 Å². The van der Waals surface area contributed by atoms with Crippen molar-refractivity contribution in [3.05, 3.63) is 34.5 Å². The lowest BCUT2D eigenvalue weighted by atomic mass is 10.1. The minimum atomic E-state index is -3.67. The minimum Gasteiger partial charge on any atom is -0.496 e. The van der Waals surface area contributed by atoms with Crippen molar-refractivity contribution in [2.45, 2.75) is 20.4 Å². The number of imidazole rings is 1. The van der Waals surface area contributed by atoms with Crippen LogP contribution in [0.5, 0.6) is 5.75 Å². The second kappa shape index (κ2) is 8.03. The molecule has 0 saturated heterocycles. The summed E-state index contributed by atoms with van der Waals surface area (Å²) < 4.78 is 33.1. The highest BCUT2D eigenvalue weighted by molar-refractivity contribution is 7.85. The highest BCUT2D eigenvalue weighted by atomic mass is 35.5. The van der Waals surface area contributed by atoms with Crippen LogP contribution in [-0.4, -0.2) is 50.8 Å². The van der Waals surface area contributed by atoms with E-state index in [2.05, 4.69) is 19.9 Å². The van der Waals surface area contributed by atoms with E-state index in [1.165, 1.54) is 0 Å². The molecule has 3 heterocycles. The van der Waals surface area contributed by atoms with Gasteiger partial charge in [0.25, 0.3) is 10.1 Å². The number of nitrogens with two attached hydrogens (primary N) is 1. The maximum Gasteiger partial charge on any atom is 0.261 e. The predicted octanol–water partition coefficient (Wildman–Crippen LogP) is 1.63. The number of hydrogen-bond acceptors (Lipinski definition) is 8. The molecule has 12 heteroatoms. The quantitative estimate of drug-likeness (QED) is 0.482. The van der Waals surface area contributed by atoms with Crippen molar-refractivity contribution in [1.29, 1.82) is 0 Å². The van der Waals surface area contributed by atoms with E-state index in [0.717, 1.165) is 22.6 Å². The van der Waals surface area contributed by atoms with Crippen LogP contribution in [0.2, 0.25) is 5.15 Å². The van der Waals surface area contributed by atoms with Gasteiger partial charge in [-0.1, -0.05) is 11.6 Å². The van der Waals surface area contributed by atoms with Crippen molar-refractivity contribution < 1.29 is 17.7 Å². The average molecular weight is 415 g/mol. The lowest BCUT2D eigenvalue weighted by molar-refractivity contribution is 0.406. The summed E-state index contributed by atoms with van der Waals surface area (Å²) in [5, 5.41) is 0.243. The summed E-state index contributed by atoms with van der Waals surface area (Å²) in [6, 6.07) is 0. The van der Waals surface area contributed by atoms with E-state index in [-0.39, 0.29) is 11.1 Å². The smallest absolute Gasteiger partial charge is 0.261 e. The van der Waals surface area contributed by atoms with Crippen LogP contribution < -0.4 is 10.5 Å². The number of pyridine rings is 1. The molecule has 0 atom stereocenters. The molecule has 27 heavy (non-hydrogen) atoms. The lowest BCUT2D eigenvalue weighted by Crippen LogP contribution is -2.07. The van der Waals surface area contributed by atoms with Crippen molar-refractivity contribution in [1.82, 2.24) is 24.5 Å². The fraction of sp³-hybridized carbons (Fsp3) is 0.333. The molecule has 0 saturated carbocycles. The minimum absolute atomic E-state index is 0.116. The van der Waals surface area contributed by atoms with Crippen molar-refractivity contribution in [3.8, 4) is 5.75 Å². The Labute approximate surface area is 161 Å². The Bertz CT molecular complexity index is 1080. The third kappa shape index (κ3) is 5.25. The Morgan fingerprint density at radius 3 is 2.52 bits per heavy atom. The monoisotopic (exact) mass is 414 g/mol. The summed E-state index contributed by atoms with van der Waals surface area (Å²) in [4.78, 5) is 16.8. The first kappa shape index (κ1) is 20.8. The molecule has 0 fully saturated rings. The van der Waals surface area contributed by atoms with Crippen LogP contribution in [0.4, 0.5) is 5.95 Å². The normalized spacial score (nSPS) is 11.2. The molecule has 0 spiro atoms. The van der Waals surface area contributed by atoms with Gasteiger partial charge in [-0.15, -0.1) is 0 Å². The Hall–Kier alpha value is -2.50. The molecule has 3 N–H and O–H groups in total. The van der Waals surface area contributed by atoms with E-state index >= 15 is 0 Å². The number of aromatic nitrogens is 5. The van der Waals surface area contributed by atoms with Crippen LogP contribution in [0.3, 0.4) is 0 Å². The first-order chi connectivity index (χ1) is 12.5. The van der Waals surface area contributed by atoms with Gasteiger partial charge in [-0.05, 0) is 13.8 Å². The van der Waals surface area contributed by atoms with Gasteiger partial charge in [0.05, 0.1) is 31.9 Å². The van der Waals surface area contributed by atoms with Crippen LogP contribution in [-0.2, 0) is 16.7 Å². The maximum atomic E-state index is 9.19. The number of methoxy groups -OCH3 is 1. The zero-order valence-electron chi connectivity index (χ0n) is 15.1. The number of rotatable bonds is 3. The third-order valence-corrected chi connectivity index (χ3v) is 3.77. The summed E-state index contributed by atoms with van der Waals surface area (Å²) in [7, 11) is -2.01. The molecule has 146 valence electrons. The van der Waals surface area contributed by atoms with Crippen LogP contribution in [0.1, 0.15) is 16.8 Å². The zero-order valence-corrected chi connectivity index (χ0v) is 16.7. The van der Waals surface area contributed by atoms with Crippen molar-refractivity contribution in [3.63, 3.8) is 0 Å². The molecule has 3 rings (SSSR count). The molecule has 0 aromatic carbocycles. The van der Waals surface area contributed by atoms with Crippen LogP contribution >= 0.6 is 11.6 Å². The Kier molecular flexibility index (Phi) is 6.19. The molecular weight excluding hydrogens is 396 g/mol. The molecule has 0 bridgehead atoms. The van der Waals surface area contributed by atoms with Gasteiger partial charge >= 0.3 is 0 Å². The predicted molar refractivity (Wildman–Crippen MR) is 102 cm³/mol. The summed E-state index contributed by atoms with van der Waals surface area (Å²) >= 11 is 6.04. The fourth-order valence-electron chi connectivity index (χ4n) is 2.43. The van der Waals surface area contributed by atoms with Gasteiger partial charge in [0.1, 0.15) is 11.3 Å². The van der Waals surface area contributed by atoms with Gasteiger partial charge in [0.2, 0.25) is 5.95 Å². The molecule has 3 aromatic heterocycles. The largest absolute Gasteiger partial charge is 0.496 e. The molecule has 0 aliphatic rings. The number of fused-ring (bicyclic) bond motifs is 1. The van der Waals surface area contributed by atoms with Gasteiger partial charge in [-0.25, -0.2) is 4.98 Å². The van der Waals surface area contributed by atoms with Gasteiger partial charge in [-0.2, -0.15) is 18.4 Å².